The number of aromatic nitrogens is 1. The second-order valence-corrected chi connectivity index (χ2v) is 6.36. The maximum atomic E-state index is 12.8. The number of H-pyrrole nitrogens is 1. The highest BCUT2D eigenvalue weighted by molar-refractivity contribution is 7.22. The SMILES string of the molecule is O=C(NCCc1ccc(F)cc1)c1cc2sc(Cl)cc2[nH]1. The summed E-state index contributed by atoms with van der Waals surface area (Å²) >= 11 is 7.32. The normalized spacial score (nSPS) is 11.0. The van der Waals surface area contributed by atoms with E-state index in [4.69, 9.17) is 11.6 Å². The average molecular weight is 323 g/mol. The molecule has 1 amide bonds. The molecule has 3 nitrogen and oxygen atoms in total. The molecular formula is C15H12ClFN2OS. The largest absolute Gasteiger partial charge is 0.350 e. The van der Waals surface area contributed by atoms with Crippen molar-refractivity contribution in [2.45, 2.75) is 6.42 Å². The maximum Gasteiger partial charge on any atom is 0.267 e. The second-order valence-electron chi connectivity index (χ2n) is 4.64. The van der Waals surface area contributed by atoms with Gasteiger partial charge in [-0.15, -0.1) is 11.3 Å². The summed E-state index contributed by atoms with van der Waals surface area (Å²) in [5.41, 5.74) is 2.37. The Morgan fingerprint density at radius 1 is 1.29 bits per heavy atom. The molecule has 2 N–H and O–H groups in total. The number of rotatable bonds is 4. The summed E-state index contributed by atoms with van der Waals surface area (Å²) in [7, 11) is 0. The number of benzene rings is 1. The van der Waals surface area contributed by atoms with Gasteiger partial charge in [0, 0.05) is 6.54 Å². The number of fused-ring (bicyclic) bond motifs is 1. The first-order valence-corrected chi connectivity index (χ1v) is 7.62. The third-order valence-electron chi connectivity index (χ3n) is 3.13. The summed E-state index contributed by atoms with van der Waals surface area (Å²) < 4.78 is 14.4. The number of hydrogen-bond acceptors (Lipinski definition) is 2. The van der Waals surface area contributed by atoms with Gasteiger partial charge in [-0.25, -0.2) is 4.39 Å². The van der Waals surface area contributed by atoms with Gasteiger partial charge >= 0.3 is 0 Å². The molecule has 108 valence electrons. The van der Waals surface area contributed by atoms with Crippen LogP contribution in [-0.4, -0.2) is 17.4 Å². The number of thiophene rings is 1. The first-order valence-electron chi connectivity index (χ1n) is 6.42. The van der Waals surface area contributed by atoms with Crippen LogP contribution in [0.4, 0.5) is 4.39 Å². The van der Waals surface area contributed by atoms with Gasteiger partial charge in [0.15, 0.2) is 0 Å². The highest BCUT2D eigenvalue weighted by Crippen LogP contribution is 2.29. The maximum absolute atomic E-state index is 12.8. The molecule has 0 radical (unpaired) electrons. The summed E-state index contributed by atoms with van der Waals surface area (Å²) in [6, 6.07) is 9.86. The summed E-state index contributed by atoms with van der Waals surface area (Å²) in [5.74, 6) is -0.412. The average Bonchev–Trinajstić information content (AvgIpc) is 2.98. The molecule has 0 aliphatic carbocycles. The van der Waals surface area contributed by atoms with Crippen LogP contribution in [0.25, 0.3) is 10.2 Å². The fraction of sp³-hybridized carbons (Fsp3) is 0.133. The van der Waals surface area contributed by atoms with Crippen LogP contribution in [0.2, 0.25) is 4.34 Å². The number of nitrogens with one attached hydrogen (secondary N) is 2. The van der Waals surface area contributed by atoms with Crippen molar-refractivity contribution in [3.8, 4) is 0 Å². The van der Waals surface area contributed by atoms with Crippen LogP contribution in [0, 0.1) is 5.82 Å². The van der Waals surface area contributed by atoms with E-state index < -0.39 is 0 Å². The van der Waals surface area contributed by atoms with Crippen molar-refractivity contribution in [2.24, 2.45) is 0 Å². The zero-order chi connectivity index (χ0) is 14.8. The number of carbonyl (C=O) groups excluding carboxylic acids is 1. The lowest BCUT2D eigenvalue weighted by Crippen LogP contribution is -2.25. The molecule has 21 heavy (non-hydrogen) atoms. The Bertz CT molecular complexity index is 747. The topological polar surface area (TPSA) is 44.9 Å². The second kappa shape index (κ2) is 5.87. The van der Waals surface area contributed by atoms with Crippen molar-refractivity contribution < 1.29 is 9.18 Å². The molecule has 0 saturated heterocycles. The Labute approximate surface area is 129 Å². The van der Waals surface area contributed by atoms with Gasteiger partial charge in [0.25, 0.3) is 5.91 Å². The smallest absolute Gasteiger partial charge is 0.267 e. The quantitative estimate of drug-likeness (QED) is 0.749. The van der Waals surface area contributed by atoms with E-state index in [-0.39, 0.29) is 11.7 Å². The molecule has 0 spiro atoms. The Balaban J connectivity index is 1.58. The van der Waals surface area contributed by atoms with Crippen molar-refractivity contribution in [3.63, 3.8) is 0 Å². The monoisotopic (exact) mass is 322 g/mol. The molecule has 0 atom stereocenters. The van der Waals surface area contributed by atoms with Crippen LogP contribution in [0.3, 0.4) is 0 Å². The van der Waals surface area contributed by atoms with E-state index in [1.165, 1.54) is 23.5 Å². The van der Waals surface area contributed by atoms with E-state index in [2.05, 4.69) is 10.3 Å². The first kappa shape index (κ1) is 14.1. The summed E-state index contributed by atoms with van der Waals surface area (Å²) in [5, 5.41) is 2.84. The van der Waals surface area contributed by atoms with Crippen molar-refractivity contribution in [1.29, 1.82) is 0 Å². The molecule has 3 aromatic rings. The third-order valence-corrected chi connectivity index (χ3v) is 4.34. The fourth-order valence-electron chi connectivity index (χ4n) is 2.08. The predicted molar refractivity (Wildman–Crippen MR) is 83.6 cm³/mol. The van der Waals surface area contributed by atoms with Gasteiger partial charge in [-0.3, -0.25) is 4.79 Å². The van der Waals surface area contributed by atoms with E-state index in [0.29, 0.717) is 23.0 Å². The van der Waals surface area contributed by atoms with Crippen molar-refractivity contribution in [1.82, 2.24) is 10.3 Å². The minimum absolute atomic E-state index is 0.156. The molecule has 0 fully saturated rings. The Hall–Kier alpha value is -1.85. The number of carbonyl (C=O) groups is 1. The molecule has 0 saturated carbocycles. The van der Waals surface area contributed by atoms with Gasteiger partial charge in [0.2, 0.25) is 0 Å². The van der Waals surface area contributed by atoms with E-state index in [9.17, 15) is 9.18 Å². The van der Waals surface area contributed by atoms with Crippen LogP contribution >= 0.6 is 22.9 Å². The van der Waals surface area contributed by atoms with Gasteiger partial charge in [-0.1, -0.05) is 23.7 Å². The number of halogens is 2. The molecule has 0 unspecified atom stereocenters. The summed E-state index contributed by atoms with van der Waals surface area (Å²) in [4.78, 5) is 15.0. The summed E-state index contributed by atoms with van der Waals surface area (Å²) in [6.07, 6.45) is 0.660. The zero-order valence-electron chi connectivity index (χ0n) is 11.0. The molecular weight excluding hydrogens is 311 g/mol. The molecule has 0 bridgehead atoms. The molecule has 0 aliphatic heterocycles. The first-order chi connectivity index (χ1) is 10.1. The highest BCUT2D eigenvalue weighted by atomic mass is 35.5. The van der Waals surface area contributed by atoms with E-state index in [1.807, 2.05) is 0 Å². The fourth-order valence-corrected chi connectivity index (χ4v) is 3.22. The minimum Gasteiger partial charge on any atom is -0.350 e. The van der Waals surface area contributed by atoms with E-state index in [1.54, 1.807) is 24.3 Å². The molecule has 3 rings (SSSR count). The van der Waals surface area contributed by atoms with Gasteiger partial charge < -0.3 is 10.3 Å². The number of hydrogen-bond donors (Lipinski definition) is 2. The molecule has 0 aliphatic rings. The molecule has 2 heterocycles. The van der Waals surface area contributed by atoms with Gasteiger partial charge in [0.05, 0.1) is 14.6 Å². The lowest BCUT2D eigenvalue weighted by Gasteiger charge is -2.04. The van der Waals surface area contributed by atoms with Crippen LogP contribution in [0.5, 0.6) is 0 Å². The number of amides is 1. The lowest BCUT2D eigenvalue weighted by molar-refractivity contribution is 0.0950. The Kier molecular flexibility index (Phi) is 3.94. The van der Waals surface area contributed by atoms with Crippen LogP contribution in [-0.2, 0) is 6.42 Å². The van der Waals surface area contributed by atoms with Crippen molar-refractivity contribution in [2.75, 3.05) is 6.54 Å². The van der Waals surface area contributed by atoms with E-state index >= 15 is 0 Å². The van der Waals surface area contributed by atoms with Crippen molar-refractivity contribution >= 4 is 39.1 Å². The van der Waals surface area contributed by atoms with Crippen LogP contribution < -0.4 is 5.32 Å². The van der Waals surface area contributed by atoms with Crippen LogP contribution in [0.15, 0.2) is 36.4 Å². The lowest BCUT2D eigenvalue weighted by atomic mass is 10.1. The third kappa shape index (κ3) is 3.25. The molecule has 6 heteroatoms. The molecule has 2 aromatic heterocycles. The zero-order valence-corrected chi connectivity index (χ0v) is 12.5. The van der Waals surface area contributed by atoms with Crippen LogP contribution in [0.1, 0.15) is 16.1 Å². The predicted octanol–water partition coefficient (Wildman–Crippen LogP) is 3.99. The van der Waals surface area contributed by atoms with E-state index in [0.717, 1.165) is 15.8 Å². The minimum atomic E-state index is -0.257. The number of aromatic amines is 1. The Morgan fingerprint density at radius 3 is 2.76 bits per heavy atom. The van der Waals surface area contributed by atoms with Crippen molar-refractivity contribution in [3.05, 3.63) is 57.8 Å². The standard InChI is InChI=1S/C15H12ClFN2OS/c16-14-8-11-13(21-14)7-12(19-11)15(20)18-6-5-9-1-3-10(17)4-2-9/h1-4,7-8,19H,5-6H2,(H,18,20). The van der Waals surface area contributed by atoms with Gasteiger partial charge in [-0.2, -0.15) is 0 Å². The van der Waals surface area contributed by atoms with Gasteiger partial charge in [0.1, 0.15) is 11.5 Å². The molecule has 1 aromatic carbocycles. The van der Waals surface area contributed by atoms with Gasteiger partial charge in [-0.05, 0) is 36.2 Å². The Morgan fingerprint density at radius 2 is 2.05 bits per heavy atom. The highest BCUT2D eigenvalue weighted by Gasteiger charge is 2.11. The summed E-state index contributed by atoms with van der Waals surface area (Å²) in [6.45, 7) is 0.498.